The van der Waals surface area contributed by atoms with Gasteiger partial charge in [0.15, 0.2) is 0 Å². The Labute approximate surface area is 69.5 Å². The second-order valence-corrected chi connectivity index (χ2v) is 4.34. The molecule has 0 saturated heterocycles. The summed E-state index contributed by atoms with van der Waals surface area (Å²) in [4.78, 5) is 0. The fraction of sp³-hybridized carbons (Fsp3) is 1.00. The maximum absolute atomic E-state index is 5.33. The van der Waals surface area contributed by atoms with Crippen molar-refractivity contribution < 1.29 is 0 Å². The maximum atomic E-state index is 5.33. The van der Waals surface area contributed by atoms with Crippen molar-refractivity contribution in [2.45, 2.75) is 39.5 Å². The summed E-state index contributed by atoms with van der Waals surface area (Å²) in [6.07, 6.45) is 5.49. The third-order valence-electron chi connectivity index (χ3n) is 3.09. The van der Waals surface area contributed by atoms with Crippen LogP contribution in [0.4, 0.5) is 0 Å². The van der Waals surface area contributed by atoms with Crippen LogP contribution in [0, 0.1) is 11.3 Å². The number of hydrogen-bond acceptors (Lipinski definition) is 2. The first-order valence-corrected chi connectivity index (χ1v) is 4.60. The third-order valence-corrected chi connectivity index (χ3v) is 3.09. The van der Waals surface area contributed by atoms with E-state index in [1.807, 2.05) is 0 Å². The highest BCUT2D eigenvalue weighted by Gasteiger charge is 2.31. The van der Waals surface area contributed by atoms with Crippen molar-refractivity contribution in [2.24, 2.45) is 17.2 Å². The lowest BCUT2D eigenvalue weighted by Crippen LogP contribution is -2.38. The molecule has 2 heteroatoms. The highest BCUT2D eigenvalue weighted by molar-refractivity contribution is 4.83. The molecule has 0 bridgehead atoms. The van der Waals surface area contributed by atoms with E-state index in [2.05, 4.69) is 19.3 Å². The van der Waals surface area contributed by atoms with Gasteiger partial charge in [-0.05, 0) is 24.2 Å². The van der Waals surface area contributed by atoms with Crippen molar-refractivity contribution in [1.29, 1.82) is 0 Å². The summed E-state index contributed by atoms with van der Waals surface area (Å²) in [7, 11) is 0. The van der Waals surface area contributed by atoms with E-state index in [4.69, 9.17) is 5.84 Å². The molecule has 1 aliphatic rings. The van der Waals surface area contributed by atoms with Gasteiger partial charge in [-0.1, -0.05) is 26.7 Å². The number of nitrogens with one attached hydrogen (secondary N) is 1. The summed E-state index contributed by atoms with van der Waals surface area (Å²) >= 11 is 0. The zero-order chi connectivity index (χ0) is 8.32. The molecule has 0 aromatic carbocycles. The van der Waals surface area contributed by atoms with E-state index >= 15 is 0 Å². The summed E-state index contributed by atoms with van der Waals surface area (Å²) in [6, 6.07) is 0. The zero-order valence-corrected chi connectivity index (χ0v) is 7.69. The van der Waals surface area contributed by atoms with Crippen LogP contribution in [0.2, 0.25) is 0 Å². The van der Waals surface area contributed by atoms with Crippen LogP contribution < -0.4 is 11.3 Å². The molecule has 11 heavy (non-hydrogen) atoms. The molecule has 1 saturated carbocycles. The highest BCUT2D eigenvalue weighted by atomic mass is 15.2. The molecular weight excluding hydrogens is 136 g/mol. The van der Waals surface area contributed by atoms with Crippen LogP contribution in [0.1, 0.15) is 39.5 Å². The van der Waals surface area contributed by atoms with Gasteiger partial charge >= 0.3 is 0 Å². The van der Waals surface area contributed by atoms with Crippen molar-refractivity contribution in [3.8, 4) is 0 Å². The third kappa shape index (κ3) is 2.17. The lowest BCUT2D eigenvalue weighted by atomic mass is 9.69. The van der Waals surface area contributed by atoms with Crippen LogP contribution in [0.3, 0.4) is 0 Å². The van der Waals surface area contributed by atoms with Gasteiger partial charge in [0.25, 0.3) is 0 Å². The topological polar surface area (TPSA) is 38.0 Å². The van der Waals surface area contributed by atoms with E-state index in [1.165, 1.54) is 25.7 Å². The van der Waals surface area contributed by atoms with Crippen LogP contribution in [0.15, 0.2) is 0 Å². The fourth-order valence-electron chi connectivity index (χ4n) is 2.09. The molecule has 0 aliphatic heterocycles. The summed E-state index contributed by atoms with van der Waals surface area (Å²) in [5.41, 5.74) is 3.30. The summed E-state index contributed by atoms with van der Waals surface area (Å²) in [6.45, 7) is 5.69. The van der Waals surface area contributed by atoms with Crippen LogP contribution in [0.25, 0.3) is 0 Å². The van der Waals surface area contributed by atoms with Gasteiger partial charge in [-0.25, -0.2) is 0 Å². The molecule has 1 unspecified atom stereocenters. The maximum Gasteiger partial charge on any atom is 0.0131 e. The molecule has 1 fully saturated rings. The normalized spacial score (nSPS) is 30.3. The van der Waals surface area contributed by atoms with Crippen LogP contribution in [-0.2, 0) is 0 Å². The summed E-state index contributed by atoms with van der Waals surface area (Å²) in [5.74, 6) is 6.11. The average molecular weight is 156 g/mol. The van der Waals surface area contributed by atoms with Crippen LogP contribution >= 0.6 is 0 Å². The first kappa shape index (κ1) is 9.01. The number of rotatable bonds is 2. The van der Waals surface area contributed by atoms with E-state index in [-0.39, 0.29) is 0 Å². The van der Waals surface area contributed by atoms with Crippen molar-refractivity contribution >= 4 is 0 Å². The zero-order valence-electron chi connectivity index (χ0n) is 7.69. The van der Waals surface area contributed by atoms with Crippen molar-refractivity contribution in [1.82, 2.24) is 5.43 Å². The quantitative estimate of drug-likeness (QED) is 0.471. The van der Waals surface area contributed by atoms with E-state index in [0.29, 0.717) is 5.41 Å². The largest absolute Gasteiger partial charge is 0.271 e. The minimum atomic E-state index is 0.505. The first-order chi connectivity index (χ1) is 5.17. The Bertz CT molecular complexity index is 119. The molecule has 1 atom stereocenters. The van der Waals surface area contributed by atoms with Crippen LogP contribution in [0.5, 0.6) is 0 Å². The van der Waals surface area contributed by atoms with Crippen molar-refractivity contribution in [2.75, 3.05) is 6.54 Å². The predicted octanol–water partition coefficient (Wildman–Crippen LogP) is 1.67. The van der Waals surface area contributed by atoms with Gasteiger partial charge in [0.05, 0.1) is 0 Å². The second kappa shape index (κ2) is 3.55. The van der Waals surface area contributed by atoms with Crippen molar-refractivity contribution in [3.05, 3.63) is 0 Å². The molecule has 66 valence electrons. The van der Waals surface area contributed by atoms with Gasteiger partial charge < -0.3 is 0 Å². The predicted molar refractivity (Wildman–Crippen MR) is 47.9 cm³/mol. The number of nitrogens with two attached hydrogens (primary N) is 1. The number of hydrogen-bond donors (Lipinski definition) is 2. The van der Waals surface area contributed by atoms with Crippen LogP contribution in [-0.4, -0.2) is 6.54 Å². The lowest BCUT2D eigenvalue weighted by molar-refractivity contribution is 0.136. The Hall–Kier alpha value is -0.0800. The fourth-order valence-corrected chi connectivity index (χ4v) is 2.09. The molecule has 0 heterocycles. The van der Waals surface area contributed by atoms with E-state index < -0.39 is 0 Å². The highest BCUT2D eigenvalue weighted by Crippen LogP contribution is 2.39. The van der Waals surface area contributed by atoms with E-state index in [9.17, 15) is 0 Å². The molecule has 1 aliphatic carbocycles. The molecule has 0 aromatic heterocycles. The Morgan fingerprint density at radius 2 is 2.18 bits per heavy atom. The lowest BCUT2D eigenvalue weighted by Gasteiger charge is -2.38. The number of hydrazine groups is 1. The Balaban J connectivity index is 2.45. The molecule has 0 aromatic rings. The summed E-state index contributed by atoms with van der Waals surface area (Å²) < 4.78 is 0. The van der Waals surface area contributed by atoms with Crippen molar-refractivity contribution in [3.63, 3.8) is 0 Å². The smallest absolute Gasteiger partial charge is 0.0131 e. The summed E-state index contributed by atoms with van der Waals surface area (Å²) in [5, 5.41) is 0. The standard InChI is InChI=1S/C9H20N2/c1-9(2)6-4-3-5-8(9)7-11-10/h8,11H,3-7,10H2,1-2H3. The molecule has 0 radical (unpaired) electrons. The molecule has 0 spiro atoms. The van der Waals surface area contributed by atoms with Gasteiger partial charge in [0.2, 0.25) is 0 Å². The Morgan fingerprint density at radius 3 is 2.73 bits per heavy atom. The SMILES string of the molecule is CC1(C)CCCCC1CNN. The Morgan fingerprint density at radius 1 is 1.45 bits per heavy atom. The Kier molecular flexibility index (Phi) is 2.90. The van der Waals surface area contributed by atoms with Gasteiger partial charge in [-0.2, -0.15) is 0 Å². The van der Waals surface area contributed by atoms with Gasteiger partial charge in [-0.15, -0.1) is 0 Å². The first-order valence-electron chi connectivity index (χ1n) is 4.60. The molecule has 1 rings (SSSR count). The van der Waals surface area contributed by atoms with E-state index in [0.717, 1.165) is 12.5 Å². The monoisotopic (exact) mass is 156 g/mol. The molecule has 3 N–H and O–H groups in total. The van der Waals surface area contributed by atoms with Gasteiger partial charge in [0.1, 0.15) is 0 Å². The average Bonchev–Trinajstić information content (AvgIpc) is 1.94. The molecular formula is C9H20N2. The second-order valence-electron chi connectivity index (χ2n) is 4.34. The molecule has 2 nitrogen and oxygen atoms in total. The minimum absolute atomic E-state index is 0.505. The van der Waals surface area contributed by atoms with Gasteiger partial charge in [-0.3, -0.25) is 11.3 Å². The van der Waals surface area contributed by atoms with E-state index in [1.54, 1.807) is 0 Å². The minimum Gasteiger partial charge on any atom is -0.271 e. The molecule has 0 amide bonds. The van der Waals surface area contributed by atoms with Gasteiger partial charge in [0, 0.05) is 6.54 Å².